The molecule has 1 heterocycles. The lowest BCUT2D eigenvalue weighted by atomic mass is 10.3. The van der Waals surface area contributed by atoms with Crippen LogP contribution in [0.3, 0.4) is 0 Å². The Labute approximate surface area is 161 Å². The molecular formula is C14H18BrFN6O3S. The van der Waals surface area contributed by atoms with E-state index in [2.05, 4.69) is 41.2 Å². The number of primary amides is 1. The fraction of sp³-hybridized carbons (Fsp3) is 0.286. The SMILES string of the molecule is CSC.NC(=O)CCNc1nonc1C(=Nc1ccc(F)c(Br)c1)NO. The van der Waals surface area contributed by atoms with Crippen LogP contribution in [0.4, 0.5) is 15.9 Å². The Kier molecular flexibility index (Phi) is 9.62. The number of thioether (sulfide) groups is 1. The van der Waals surface area contributed by atoms with Crippen molar-refractivity contribution in [3.05, 3.63) is 34.2 Å². The number of carbonyl (C=O) groups is 1. The molecule has 2 rings (SSSR count). The number of anilines is 1. The van der Waals surface area contributed by atoms with Gasteiger partial charge in [-0.1, -0.05) is 0 Å². The average Bonchev–Trinajstić information content (AvgIpc) is 3.04. The Balaban J connectivity index is 0.00000105. The van der Waals surface area contributed by atoms with E-state index in [1.807, 2.05) is 18.0 Å². The summed E-state index contributed by atoms with van der Waals surface area (Å²) in [6, 6.07) is 4.04. The van der Waals surface area contributed by atoms with E-state index in [1.165, 1.54) is 18.2 Å². The number of rotatable bonds is 6. The molecule has 1 aromatic heterocycles. The minimum Gasteiger partial charge on any atom is -0.370 e. The number of hydrogen-bond donors (Lipinski definition) is 4. The summed E-state index contributed by atoms with van der Waals surface area (Å²) in [5.41, 5.74) is 7.34. The molecule has 0 saturated heterocycles. The molecule has 26 heavy (non-hydrogen) atoms. The van der Waals surface area contributed by atoms with Gasteiger partial charge in [0.25, 0.3) is 0 Å². The molecule has 0 spiro atoms. The number of hydrogen-bond acceptors (Lipinski definition) is 8. The summed E-state index contributed by atoms with van der Waals surface area (Å²) in [7, 11) is 0. The maximum Gasteiger partial charge on any atom is 0.219 e. The summed E-state index contributed by atoms with van der Waals surface area (Å²) in [6.07, 6.45) is 4.16. The number of aliphatic imine (C=N–C) groups is 1. The van der Waals surface area contributed by atoms with Gasteiger partial charge in [-0.2, -0.15) is 11.8 Å². The van der Waals surface area contributed by atoms with Crippen LogP contribution < -0.4 is 16.5 Å². The van der Waals surface area contributed by atoms with E-state index in [-0.39, 0.29) is 34.8 Å². The molecule has 0 aliphatic carbocycles. The fourth-order valence-corrected chi connectivity index (χ4v) is 1.95. The lowest BCUT2D eigenvalue weighted by molar-refractivity contribution is -0.117. The highest BCUT2D eigenvalue weighted by Crippen LogP contribution is 2.23. The number of benzene rings is 1. The van der Waals surface area contributed by atoms with Crippen molar-refractivity contribution < 1.29 is 19.0 Å². The van der Waals surface area contributed by atoms with Crippen molar-refractivity contribution in [2.24, 2.45) is 10.7 Å². The number of amides is 1. The van der Waals surface area contributed by atoms with Crippen LogP contribution in [0.2, 0.25) is 0 Å². The van der Waals surface area contributed by atoms with Crippen molar-refractivity contribution in [3.8, 4) is 0 Å². The van der Waals surface area contributed by atoms with E-state index < -0.39 is 11.7 Å². The zero-order chi connectivity index (χ0) is 19.5. The van der Waals surface area contributed by atoms with Gasteiger partial charge in [-0.3, -0.25) is 15.5 Å². The summed E-state index contributed by atoms with van der Waals surface area (Å²) < 4.78 is 18.0. The number of aromatic nitrogens is 2. The largest absolute Gasteiger partial charge is 0.370 e. The van der Waals surface area contributed by atoms with Gasteiger partial charge in [0.05, 0.1) is 10.2 Å². The molecule has 2 aromatic rings. The zero-order valence-corrected chi connectivity index (χ0v) is 16.4. The first-order chi connectivity index (χ1) is 12.4. The maximum atomic E-state index is 13.2. The number of amidine groups is 1. The smallest absolute Gasteiger partial charge is 0.219 e. The predicted octanol–water partition coefficient (Wildman–Crippen LogP) is 2.29. The molecule has 1 amide bonds. The molecular weight excluding hydrogens is 431 g/mol. The van der Waals surface area contributed by atoms with E-state index in [1.54, 1.807) is 11.8 Å². The maximum absolute atomic E-state index is 13.2. The van der Waals surface area contributed by atoms with Crippen LogP contribution in [0.15, 0.2) is 32.3 Å². The first-order valence-corrected chi connectivity index (χ1v) is 9.54. The summed E-state index contributed by atoms with van der Waals surface area (Å²) in [6.45, 7) is 0.206. The quantitative estimate of drug-likeness (QED) is 0.299. The highest BCUT2D eigenvalue weighted by Gasteiger charge is 2.16. The Morgan fingerprint density at radius 1 is 1.46 bits per heavy atom. The molecule has 0 fully saturated rings. The fourth-order valence-electron chi connectivity index (χ4n) is 1.58. The van der Waals surface area contributed by atoms with Crippen molar-refractivity contribution in [2.75, 3.05) is 24.4 Å². The summed E-state index contributed by atoms with van der Waals surface area (Å²) in [5, 5.41) is 19.2. The van der Waals surface area contributed by atoms with Crippen LogP contribution in [0.1, 0.15) is 12.1 Å². The molecule has 12 heteroatoms. The Bertz CT molecular complexity index is 758. The van der Waals surface area contributed by atoms with Gasteiger partial charge in [-0.25, -0.2) is 14.0 Å². The Morgan fingerprint density at radius 2 is 2.15 bits per heavy atom. The molecule has 0 aliphatic heterocycles. The molecule has 0 atom stereocenters. The second-order valence-electron chi connectivity index (χ2n) is 4.68. The van der Waals surface area contributed by atoms with Gasteiger partial charge in [-0.05, 0) is 57.0 Å². The van der Waals surface area contributed by atoms with Crippen molar-refractivity contribution in [1.29, 1.82) is 0 Å². The van der Waals surface area contributed by atoms with Gasteiger partial charge < -0.3 is 11.1 Å². The van der Waals surface area contributed by atoms with Gasteiger partial charge in [0, 0.05) is 13.0 Å². The number of carbonyl (C=O) groups excluding carboxylic acids is 1. The van der Waals surface area contributed by atoms with E-state index in [0.717, 1.165) is 0 Å². The number of halogens is 2. The van der Waals surface area contributed by atoms with Gasteiger partial charge in [0.15, 0.2) is 11.5 Å². The Hall–Kier alpha value is -2.18. The van der Waals surface area contributed by atoms with Crippen LogP contribution in [-0.4, -0.2) is 46.3 Å². The molecule has 5 N–H and O–H groups in total. The molecule has 0 aliphatic rings. The highest BCUT2D eigenvalue weighted by molar-refractivity contribution is 9.10. The monoisotopic (exact) mass is 448 g/mol. The zero-order valence-electron chi connectivity index (χ0n) is 14.0. The third-order valence-corrected chi connectivity index (χ3v) is 3.23. The summed E-state index contributed by atoms with van der Waals surface area (Å²) >= 11 is 4.79. The minimum atomic E-state index is -0.485. The van der Waals surface area contributed by atoms with Gasteiger partial charge in [0.2, 0.25) is 11.7 Å². The Morgan fingerprint density at radius 3 is 2.73 bits per heavy atom. The minimum absolute atomic E-state index is 0.0775. The first kappa shape index (κ1) is 21.9. The van der Waals surface area contributed by atoms with Gasteiger partial charge >= 0.3 is 0 Å². The van der Waals surface area contributed by atoms with E-state index >= 15 is 0 Å². The molecule has 0 radical (unpaired) electrons. The third-order valence-electron chi connectivity index (χ3n) is 2.63. The molecule has 142 valence electrons. The highest BCUT2D eigenvalue weighted by atomic mass is 79.9. The van der Waals surface area contributed by atoms with E-state index in [0.29, 0.717) is 5.69 Å². The molecule has 0 saturated carbocycles. The number of nitrogens with zero attached hydrogens (tertiary/aromatic N) is 3. The normalized spacial score (nSPS) is 10.7. The van der Waals surface area contributed by atoms with Crippen LogP contribution in [0.25, 0.3) is 0 Å². The first-order valence-electron chi connectivity index (χ1n) is 7.12. The van der Waals surface area contributed by atoms with Crippen molar-refractivity contribution in [3.63, 3.8) is 0 Å². The van der Waals surface area contributed by atoms with Crippen molar-refractivity contribution in [2.45, 2.75) is 6.42 Å². The van der Waals surface area contributed by atoms with Crippen LogP contribution >= 0.6 is 27.7 Å². The second-order valence-corrected chi connectivity index (χ2v) is 6.35. The predicted molar refractivity (Wildman–Crippen MR) is 101 cm³/mol. The topological polar surface area (TPSA) is 139 Å². The van der Waals surface area contributed by atoms with Crippen molar-refractivity contribution in [1.82, 2.24) is 15.8 Å². The third kappa shape index (κ3) is 6.98. The van der Waals surface area contributed by atoms with Crippen molar-refractivity contribution >= 4 is 50.9 Å². The van der Waals surface area contributed by atoms with Crippen LogP contribution in [0, 0.1) is 5.82 Å². The van der Waals surface area contributed by atoms with Gasteiger partial charge in [-0.15, -0.1) is 0 Å². The summed E-state index contributed by atoms with van der Waals surface area (Å²) in [5.74, 6) is -0.848. The second kappa shape index (κ2) is 11.4. The number of nitrogens with two attached hydrogens (primary N) is 1. The van der Waals surface area contributed by atoms with E-state index in [9.17, 15) is 14.4 Å². The standard InChI is InChI=1S/C12H12BrFN6O3.C2H6S/c13-7-5-6(1-2-8(7)14)17-12(18-22)10-11(20-23-19-10)16-4-3-9(15)21;1-3-2/h1-2,5,22H,3-4H2,(H2,15,21)(H,16,20)(H,17,18);1-2H3. The molecule has 0 unspecified atom stereocenters. The molecule has 9 nitrogen and oxygen atoms in total. The lowest BCUT2D eigenvalue weighted by Crippen LogP contribution is -2.23. The van der Waals surface area contributed by atoms with Crippen LogP contribution in [-0.2, 0) is 4.79 Å². The van der Waals surface area contributed by atoms with Gasteiger partial charge in [0.1, 0.15) is 5.82 Å². The van der Waals surface area contributed by atoms with E-state index in [4.69, 9.17) is 5.73 Å². The number of hydroxylamine groups is 1. The average molecular weight is 449 g/mol. The molecule has 1 aromatic carbocycles. The van der Waals surface area contributed by atoms with Crippen LogP contribution in [0.5, 0.6) is 0 Å². The summed E-state index contributed by atoms with van der Waals surface area (Å²) in [4.78, 5) is 14.8. The number of nitrogens with one attached hydrogen (secondary N) is 2. The lowest BCUT2D eigenvalue weighted by Gasteiger charge is -2.05. The molecule has 0 bridgehead atoms.